The zero-order valence-corrected chi connectivity index (χ0v) is 13.1. The Labute approximate surface area is 138 Å². The van der Waals surface area contributed by atoms with Gasteiger partial charge in [-0.1, -0.05) is 23.7 Å². The molecule has 23 heavy (non-hydrogen) atoms. The van der Waals surface area contributed by atoms with Crippen LogP contribution in [0.1, 0.15) is 15.9 Å². The van der Waals surface area contributed by atoms with Crippen molar-refractivity contribution >= 4 is 17.5 Å². The van der Waals surface area contributed by atoms with Crippen molar-refractivity contribution < 1.29 is 4.79 Å². The third kappa shape index (κ3) is 3.96. The molecule has 0 radical (unpaired) electrons. The summed E-state index contributed by atoms with van der Waals surface area (Å²) in [6.07, 6.45) is 3.99. The standard InChI is InChI=1S/C17H15ClN4O/c18-15-5-1-13(2-6-15)9-10-19-17(23)14-3-7-16(8-4-14)22-11-20-21-12-22/h1-8,11-12H,9-10H2,(H,19,23). The van der Waals surface area contributed by atoms with Crippen molar-refractivity contribution in [1.29, 1.82) is 0 Å². The molecule has 1 N–H and O–H groups in total. The number of nitrogens with zero attached hydrogens (tertiary/aromatic N) is 3. The Balaban J connectivity index is 1.55. The number of nitrogens with one attached hydrogen (secondary N) is 1. The lowest BCUT2D eigenvalue weighted by molar-refractivity contribution is 0.0954. The van der Waals surface area contributed by atoms with Crippen LogP contribution in [0.4, 0.5) is 0 Å². The van der Waals surface area contributed by atoms with Crippen LogP contribution in [0.2, 0.25) is 5.02 Å². The number of amides is 1. The fraction of sp³-hybridized carbons (Fsp3) is 0.118. The fourth-order valence-corrected chi connectivity index (χ4v) is 2.32. The normalized spacial score (nSPS) is 10.5. The van der Waals surface area contributed by atoms with E-state index >= 15 is 0 Å². The maximum absolute atomic E-state index is 12.1. The summed E-state index contributed by atoms with van der Waals surface area (Å²) in [7, 11) is 0. The van der Waals surface area contributed by atoms with Crippen LogP contribution in [-0.4, -0.2) is 27.2 Å². The van der Waals surface area contributed by atoms with Crippen molar-refractivity contribution in [2.75, 3.05) is 6.54 Å². The molecule has 116 valence electrons. The maximum Gasteiger partial charge on any atom is 0.251 e. The summed E-state index contributed by atoms with van der Waals surface area (Å²) in [6.45, 7) is 0.577. The first-order valence-electron chi connectivity index (χ1n) is 7.20. The van der Waals surface area contributed by atoms with Crippen molar-refractivity contribution in [2.45, 2.75) is 6.42 Å². The SMILES string of the molecule is O=C(NCCc1ccc(Cl)cc1)c1ccc(-n2cnnc2)cc1. The number of aromatic nitrogens is 3. The Morgan fingerprint density at radius 3 is 2.30 bits per heavy atom. The number of hydrogen-bond donors (Lipinski definition) is 1. The molecular formula is C17H15ClN4O. The number of halogens is 1. The first kappa shape index (κ1) is 15.2. The van der Waals surface area contributed by atoms with Gasteiger partial charge in [0.25, 0.3) is 5.91 Å². The van der Waals surface area contributed by atoms with E-state index in [-0.39, 0.29) is 5.91 Å². The van der Waals surface area contributed by atoms with Crippen LogP contribution in [0, 0.1) is 0 Å². The van der Waals surface area contributed by atoms with Gasteiger partial charge in [-0.25, -0.2) is 0 Å². The summed E-state index contributed by atoms with van der Waals surface area (Å²) < 4.78 is 1.78. The van der Waals surface area contributed by atoms with Crippen LogP contribution in [0.25, 0.3) is 5.69 Å². The minimum absolute atomic E-state index is 0.0886. The highest BCUT2D eigenvalue weighted by atomic mass is 35.5. The molecule has 0 unspecified atom stereocenters. The number of benzene rings is 2. The van der Waals surface area contributed by atoms with Gasteiger partial charge in [-0.15, -0.1) is 10.2 Å². The second kappa shape index (κ2) is 7.07. The van der Waals surface area contributed by atoms with Gasteiger partial charge in [-0.05, 0) is 48.4 Å². The van der Waals surface area contributed by atoms with E-state index in [2.05, 4.69) is 15.5 Å². The molecule has 0 saturated heterocycles. The van der Waals surface area contributed by atoms with E-state index in [4.69, 9.17) is 11.6 Å². The first-order valence-corrected chi connectivity index (χ1v) is 7.58. The van der Waals surface area contributed by atoms with E-state index in [1.165, 1.54) is 0 Å². The van der Waals surface area contributed by atoms with Gasteiger partial charge in [-0.3, -0.25) is 9.36 Å². The van der Waals surface area contributed by atoms with Gasteiger partial charge in [0.15, 0.2) is 0 Å². The quantitative estimate of drug-likeness (QED) is 0.784. The van der Waals surface area contributed by atoms with Crippen molar-refractivity contribution in [1.82, 2.24) is 20.1 Å². The molecule has 1 aromatic heterocycles. The minimum atomic E-state index is -0.0886. The molecule has 0 aliphatic carbocycles. The lowest BCUT2D eigenvalue weighted by Gasteiger charge is -2.07. The molecule has 5 nitrogen and oxygen atoms in total. The topological polar surface area (TPSA) is 59.8 Å². The Kier molecular flexibility index (Phi) is 4.68. The monoisotopic (exact) mass is 326 g/mol. The summed E-state index contributed by atoms with van der Waals surface area (Å²) in [5, 5.41) is 11.1. The van der Waals surface area contributed by atoms with E-state index in [1.54, 1.807) is 29.4 Å². The zero-order valence-electron chi connectivity index (χ0n) is 12.3. The van der Waals surface area contributed by atoms with Crippen LogP contribution in [0.3, 0.4) is 0 Å². The third-order valence-corrected chi connectivity index (χ3v) is 3.71. The predicted octanol–water partition coefficient (Wildman–Crippen LogP) is 2.89. The molecule has 0 aliphatic rings. The average molecular weight is 327 g/mol. The van der Waals surface area contributed by atoms with Gasteiger partial charge in [0.2, 0.25) is 0 Å². The van der Waals surface area contributed by atoms with Gasteiger partial charge in [0, 0.05) is 22.8 Å². The zero-order chi connectivity index (χ0) is 16.1. The van der Waals surface area contributed by atoms with Crippen LogP contribution in [-0.2, 0) is 6.42 Å². The van der Waals surface area contributed by atoms with Crippen LogP contribution >= 0.6 is 11.6 Å². The molecule has 0 bridgehead atoms. The Bertz CT molecular complexity index is 767. The minimum Gasteiger partial charge on any atom is -0.352 e. The van der Waals surface area contributed by atoms with Crippen molar-refractivity contribution in [3.05, 3.63) is 77.3 Å². The number of carbonyl (C=O) groups is 1. The Morgan fingerprint density at radius 1 is 1.00 bits per heavy atom. The number of carbonyl (C=O) groups excluding carboxylic acids is 1. The first-order chi connectivity index (χ1) is 11.2. The molecule has 0 aliphatic heterocycles. The van der Waals surface area contributed by atoms with Gasteiger partial charge in [0.1, 0.15) is 12.7 Å². The van der Waals surface area contributed by atoms with E-state index in [9.17, 15) is 4.79 Å². The van der Waals surface area contributed by atoms with Gasteiger partial charge in [0.05, 0.1) is 0 Å². The smallest absolute Gasteiger partial charge is 0.251 e. The summed E-state index contributed by atoms with van der Waals surface area (Å²) in [5.74, 6) is -0.0886. The van der Waals surface area contributed by atoms with E-state index < -0.39 is 0 Å². The van der Waals surface area contributed by atoms with E-state index in [0.29, 0.717) is 17.1 Å². The highest BCUT2D eigenvalue weighted by molar-refractivity contribution is 6.30. The van der Waals surface area contributed by atoms with Crippen molar-refractivity contribution in [3.63, 3.8) is 0 Å². The second-order valence-corrected chi connectivity index (χ2v) is 5.48. The largest absolute Gasteiger partial charge is 0.352 e. The summed E-state index contributed by atoms with van der Waals surface area (Å²) >= 11 is 5.85. The summed E-state index contributed by atoms with van der Waals surface area (Å²) in [4.78, 5) is 12.1. The molecule has 1 amide bonds. The molecule has 0 saturated carbocycles. The van der Waals surface area contributed by atoms with E-state index in [1.807, 2.05) is 36.4 Å². The Morgan fingerprint density at radius 2 is 1.65 bits per heavy atom. The average Bonchev–Trinajstić information content (AvgIpc) is 3.11. The molecule has 0 fully saturated rings. The Hall–Kier alpha value is -2.66. The van der Waals surface area contributed by atoms with Crippen molar-refractivity contribution in [2.24, 2.45) is 0 Å². The van der Waals surface area contributed by atoms with Gasteiger partial charge < -0.3 is 5.32 Å². The number of rotatable bonds is 5. The molecular weight excluding hydrogens is 312 g/mol. The molecule has 2 aromatic carbocycles. The highest BCUT2D eigenvalue weighted by Gasteiger charge is 2.05. The maximum atomic E-state index is 12.1. The fourth-order valence-electron chi connectivity index (χ4n) is 2.19. The lowest BCUT2D eigenvalue weighted by Crippen LogP contribution is -2.25. The van der Waals surface area contributed by atoms with Crippen LogP contribution < -0.4 is 5.32 Å². The highest BCUT2D eigenvalue weighted by Crippen LogP contribution is 2.10. The number of hydrogen-bond acceptors (Lipinski definition) is 3. The summed E-state index contributed by atoms with van der Waals surface area (Å²) in [5.41, 5.74) is 2.67. The van der Waals surface area contributed by atoms with Crippen LogP contribution in [0.15, 0.2) is 61.2 Å². The molecule has 3 aromatic rings. The second-order valence-electron chi connectivity index (χ2n) is 5.05. The molecule has 1 heterocycles. The van der Waals surface area contributed by atoms with Gasteiger partial charge >= 0.3 is 0 Å². The van der Waals surface area contributed by atoms with Crippen LogP contribution in [0.5, 0.6) is 0 Å². The van der Waals surface area contributed by atoms with Crippen molar-refractivity contribution in [3.8, 4) is 5.69 Å². The molecule has 3 rings (SSSR count). The molecule has 0 atom stereocenters. The van der Waals surface area contributed by atoms with Gasteiger partial charge in [-0.2, -0.15) is 0 Å². The third-order valence-electron chi connectivity index (χ3n) is 3.46. The van der Waals surface area contributed by atoms with E-state index in [0.717, 1.165) is 17.7 Å². The molecule has 0 spiro atoms. The summed E-state index contributed by atoms with van der Waals surface area (Å²) in [6, 6.07) is 14.9. The lowest BCUT2D eigenvalue weighted by atomic mass is 10.1. The molecule has 6 heteroatoms. The predicted molar refractivity (Wildman–Crippen MR) is 88.8 cm³/mol.